The molecule has 4 heteroatoms. The largest absolute Gasteiger partial charge is 0.386 e. The summed E-state index contributed by atoms with van der Waals surface area (Å²) >= 11 is 6.16. The van der Waals surface area contributed by atoms with Gasteiger partial charge in [0.15, 0.2) is 4.98 Å². The zero-order valence-electron chi connectivity index (χ0n) is 10.0. The van der Waals surface area contributed by atoms with Gasteiger partial charge >= 0.3 is 5.69 Å². The molecule has 17 heavy (non-hydrogen) atoms. The molecule has 90 valence electrons. The molecule has 0 bridgehead atoms. The van der Waals surface area contributed by atoms with Crippen LogP contribution in [-0.4, -0.2) is 5.54 Å². The Labute approximate surface area is 107 Å². The fraction of sp³-hybridized carbons (Fsp3) is 0.538. The van der Waals surface area contributed by atoms with Crippen molar-refractivity contribution in [3.8, 4) is 0 Å². The molecular formula is C13H17ClN3+. The minimum Gasteiger partial charge on any atom is -0.379 e. The molecule has 0 atom stereocenters. The lowest BCUT2D eigenvalue weighted by atomic mass is 9.83. The molecule has 0 aromatic heterocycles. The lowest BCUT2D eigenvalue weighted by Gasteiger charge is -2.35. The van der Waals surface area contributed by atoms with E-state index < -0.39 is 0 Å². The van der Waals surface area contributed by atoms with Gasteiger partial charge in [0.1, 0.15) is 0 Å². The smallest absolute Gasteiger partial charge is 0.379 e. The van der Waals surface area contributed by atoms with Crippen LogP contribution in [0.2, 0.25) is 5.02 Å². The molecule has 1 aromatic rings. The van der Waals surface area contributed by atoms with Crippen molar-refractivity contribution in [3.05, 3.63) is 28.2 Å². The van der Waals surface area contributed by atoms with E-state index in [0.717, 1.165) is 5.69 Å². The fourth-order valence-corrected chi connectivity index (χ4v) is 2.67. The molecule has 0 spiro atoms. The predicted molar refractivity (Wildman–Crippen MR) is 71.3 cm³/mol. The zero-order valence-corrected chi connectivity index (χ0v) is 10.8. The molecule has 0 unspecified atom stereocenters. The molecule has 1 aromatic carbocycles. The normalized spacial score (nSPS) is 18.4. The Morgan fingerprint density at radius 3 is 2.59 bits per heavy atom. The standard InChI is InChI=1S/C13H17ClN3/c1-13(7-3-2-4-8-13)16-12-6-5-10(17-15)9-11(12)14/h5-6,9,16H,2-4,7-8H2,1H3/q+1. The average Bonchev–Trinajstić information content (AvgIpc) is 2.32. The number of hydrogen-bond acceptors (Lipinski definition) is 2. The summed E-state index contributed by atoms with van der Waals surface area (Å²) in [5.74, 6) is 0. The summed E-state index contributed by atoms with van der Waals surface area (Å²) in [6.07, 6.45) is 6.22. The summed E-state index contributed by atoms with van der Waals surface area (Å²) in [5, 5.41) is 12.8. The quantitative estimate of drug-likeness (QED) is 0.754. The topological polar surface area (TPSA) is 40.2 Å². The first-order chi connectivity index (χ1) is 8.13. The van der Waals surface area contributed by atoms with Gasteiger partial charge in [-0.2, -0.15) is 0 Å². The number of anilines is 1. The van der Waals surface area contributed by atoms with Crippen molar-refractivity contribution in [1.82, 2.24) is 0 Å². The van der Waals surface area contributed by atoms with Gasteiger partial charge in [0.05, 0.1) is 16.8 Å². The number of nitrogens with one attached hydrogen (secondary N) is 1. The Balaban J connectivity index is 2.15. The van der Waals surface area contributed by atoms with Gasteiger partial charge in [0, 0.05) is 11.6 Å². The number of nitrogens with zero attached hydrogens (tertiary/aromatic N) is 2. The summed E-state index contributed by atoms with van der Waals surface area (Å²) in [7, 11) is 0. The van der Waals surface area contributed by atoms with Crippen LogP contribution in [0.5, 0.6) is 0 Å². The zero-order chi connectivity index (χ0) is 12.3. The highest BCUT2D eigenvalue weighted by Crippen LogP contribution is 2.35. The molecule has 0 heterocycles. The number of hydrogen-bond donors (Lipinski definition) is 1. The maximum atomic E-state index is 8.67. The van der Waals surface area contributed by atoms with E-state index in [4.69, 9.17) is 17.0 Å². The molecule has 0 aliphatic heterocycles. The van der Waals surface area contributed by atoms with E-state index in [0.29, 0.717) is 10.7 Å². The van der Waals surface area contributed by atoms with Crippen LogP contribution in [-0.2, 0) is 0 Å². The van der Waals surface area contributed by atoms with Gasteiger partial charge in [0.25, 0.3) is 0 Å². The van der Waals surface area contributed by atoms with Gasteiger partial charge in [-0.25, -0.2) is 0 Å². The van der Waals surface area contributed by atoms with Crippen molar-refractivity contribution in [2.45, 2.75) is 44.6 Å². The lowest BCUT2D eigenvalue weighted by molar-refractivity contribution is 0.349. The molecule has 1 fully saturated rings. The SMILES string of the molecule is CC1(Nc2ccc([N+]#N)cc2Cl)CCCCC1. The van der Waals surface area contributed by atoms with Crippen molar-refractivity contribution in [2.75, 3.05) is 5.32 Å². The fourth-order valence-electron chi connectivity index (χ4n) is 2.45. The number of diazo groups is 1. The molecule has 0 radical (unpaired) electrons. The third-order valence-electron chi connectivity index (χ3n) is 3.46. The van der Waals surface area contributed by atoms with Crippen molar-refractivity contribution in [2.24, 2.45) is 0 Å². The van der Waals surface area contributed by atoms with E-state index in [9.17, 15) is 0 Å². The highest BCUT2D eigenvalue weighted by molar-refractivity contribution is 6.33. The number of halogens is 1. The summed E-state index contributed by atoms with van der Waals surface area (Å²) < 4.78 is 0. The van der Waals surface area contributed by atoms with E-state index in [-0.39, 0.29) is 5.54 Å². The van der Waals surface area contributed by atoms with Crippen LogP contribution in [0.1, 0.15) is 39.0 Å². The maximum Gasteiger partial charge on any atom is 0.386 e. The van der Waals surface area contributed by atoms with Gasteiger partial charge < -0.3 is 5.32 Å². The second-order valence-corrected chi connectivity index (χ2v) is 5.42. The highest BCUT2D eigenvalue weighted by Gasteiger charge is 2.27. The van der Waals surface area contributed by atoms with E-state index in [2.05, 4.69) is 17.2 Å². The summed E-state index contributed by atoms with van der Waals surface area (Å²) in [5.41, 5.74) is 1.54. The average molecular weight is 251 g/mol. The number of benzene rings is 1. The Kier molecular flexibility index (Phi) is 3.54. The van der Waals surface area contributed by atoms with Gasteiger partial charge in [-0.3, -0.25) is 0 Å². The minimum absolute atomic E-state index is 0.139. The number of rotatable bonds is 2. The molecule has 1 N–H and O–H groups in total. The maximum absolute atomic E-state index is 8.67. The summed E-state index contributed by atoms with van der Waals surface area (Å²) in [6, 6.07) is 5.29. The van der Waals surface area contributed by atoms with Crippen molar-refractivity contribution >= 4 is 23.0 Å². The third kappa shape index (κ3) is 2.89. The Bertz CT molecular complexity index is 444. The van der Waals surface area contributed by atoms with E-state index in [1.807, 2.05) is 6.07 Å². The third-order valence-corrected chi connectivity index (χ3v) is 3.77. The lowest BCUT2D eigenvalue weighted by Crippen LogP contribution is -2.36. The Morgan fingerprint density at radius 1 is 1.29 bits per heavy atom. The monoisotopic (exact) mass is 250 g/mol. The van der Waals surface area contributed by atoms with Crippen LogP contribution < -0.4 is 5.32 Å². The van der Waals surface area contributed by atoms with Crippen LogP contribution in [0.15, 0.2) is 18.2 Å². The highest BCUT2D eigenvalue weighted by atomic mass is 35.5. The van der Waals surface area contributed by atoms with Crippen LogP contribution in [0.25, 0.3) is 4.98 Å². The minimum atomic E-state index is 0.139. The van der Waals surface area contributed by atoms with Crippen molar-refractivity contribution in [1.29, 1.82) is 5.39 Å². The van der Waals surface area contributed by atoms with Crippen molar-refractivity contribution in [3.63, 3.8) is 0 Å². The van der Waals surface area contributed by atoms with E-state index in [1.54, 1.807) is 12.1 Å². The van der Waals surface area contributed by atoms with Gasteiger partial charge in [-0.1, -0.05) is 30.9 Å². The van der Waals surface area contributed by atoms with Crippen LogP contribution >= 0.6 is 11.6 Å². The Hall–Kier alpha value is -1.27. The molecule has 1 aliphatic rings. The second kappa shape index (κ2) is 4.93. The molecular weight excluding hydrogens is 234 g/mol. The predicted octanol–water partition coefficient (Wildman–Crippen LogP) is 4.96. The Morgan fingerprint density at radius 2 is 2.00 bits per heavy atom. The first kappa shape index (κ1) is 12.2. The van der Waals surface area contributed by atoms with Gasteiger partial charge in [-0.15, -0.1) is 0 Å². The first-order valence-electron chi connectivity index (χ1n) is 6.06. The second-order valence-electron chi connectivity index (χ2n) is 5.01. The van der Waals surface area contributed by atoms with Crippen LogP contribution in [0.4, 0.5) is 11.4 Å². The van der Waals surface area contributed by atoms with Crippen LogP contribution in [0, 0.1) is 5.39 Å². The molecule has 0 amide bonds. The first-order valence-corrected chi connectivity index (χ1v) is 6.44. The summed E-state index contributed by atoms with van der Waals surface area (Å²) in [6.45, 7) is 2.24. The van der Waals surface area contributed by atoms with Crippen LogP contribution in [0.3, 0.4) is 0 Å². The molecule has 0 saturated heterocycles. The van der Waals surface area contributed by atoms with E-state index >= 15 is 0 Å². The molecule has 2 rings (SSSR count). The van der Waals surface area contributed by atoms with Gasteiger partial charge in [0.2, 0.25) is 5.39 Å². The van der Waals surface area contributed by atoms with E-state index in [1.165, 1.54) is 32.1 Å². The molecule has 1 saturated carbocycles. The van der Waals surface area contributed by atoms with Gasteiger partial charge in [-0.05, 0) is 25.8 Å². The van der Waals surface area contributed by atoms with Crippen molar-refractivity contribution < 1.29 is 0 Å². The summed E-state index contributed by atoms with van der Waals surface area (Å²) in [4.78, 5) is 3.12. The molecule has 1 aliphatic carbocycles. The molecule has 3 nitrogen and oxygen atoms in total.